The van der Waals surface area contributed by atoms with Crippen LogP contribution < -0.4 is 10.5 Å². The molecule has 0 aromatic heterocycles. The van der Waals surface area contributed by atoms with Crippen LogP contribution in [0.25, 0.3) is 0 Å². The largest absolute Gasteiger partial charge is 0.493 e. The molecule has 0 unspecified atom stereocenters. The maximum atomic E-state index is 12.4. The Hall–Kier alpha value is -1.39. The third-order valence-corrected chi connectivity index (χ3v) is 2.17. The second-order valence-corrected chi connectivity index (χ2v) is 3.14. The first-order valence-electron chi connectivity index (χ1n) is 4.11. The molecule has 5 heteroatoms. The lowest BCUT2D eigenvalue weighted by Crippen LogP contribution is -2.09. The normalized spacial score (nSPS) is 15.1. The number of benzene rings is 1. The first-order valence-corrected chi connectivity index (χ1v) is 4.11. The molecule has 0 fully saturated rings. The van der Waals surface area contributed by atoms with Crippen LogP contribution in [0.2, 0.25) is 0 Å². The number of halogens is 3. The van der Waals surface area contributed by atoms with Crippen LogP contribution in [0.15, 0.2) is 12.1 Å². The van der Waals surface area contributed by atoms with Crippen LogP contribution in [0.5, 0.6) is 5.75 Å². The Balaban J connectivity index is 2.53. The zero-order valence-electron chi connectivity index (χ0n) is 7.19. The second kappa shape index (κ2) is 2.80. The van der Waals surface area contributed by atoms with Crippen LogP contribution in [0, 0.1) is 0 Å². The minimum atomic E-state index is -4.41. The van der Waals surface area contributed by atoms with Crippen LogP contribution in [0.4, 0.5) is 18.9 Å². The fourth-order valence-electron chi connectivity index (χ4n) is 1.49. The van der Waals surface area contributed by atoms with Crippen molar-refractivity contribution in [1.29, 1.82) is 0 Å². The highest BCUT2D eigenvalue weighted by atomic mass is 19.4. The molecule has 0 amide bonds. The Morgan fingerprint density at radius 3 is 2.64 bits per heavy atom. The van der Waals surface area contributed by atoms with Gasteiger partial charge in [0.2, 0.25) is 0 Å². The van der Waals surface area contributed by atoms with Gasteiger partial charge in [-0.05, 0) is 17.7 Å². The van der Waals surface area contributed by atoms with E-state index < -0.39 is 11.7 Å². The topological polar surface area (TPSA) is 35.2 Å². The van der Waals surface area contributed by atoms with Crippen molar-refractivity contribution in [3.8, 4) is 5.75 Å². The number of anilines is 1. The summed E-state index contributed by atoms with van der Waals surface area (Å²) in [6.45, 7) is 0.427. The van der Waals surface area contributed by atoms with E-state index in [-0.39, 0.29) is 5.69 Å². The summed E-state index contributed by atoms with van der Waals surface area (Å²) in [5, 5.41) is 0. The molecular weight excluding hydrogens is 195 g/mol. The number of alkyl halides is 3. The Morgan fingerprint density at radius 1 is 1.29 bits per heavy atom. The predicted molar refractivity (Wildman–Crippen MR) is 45.1 cm³/mol. The SMILES string of the molecule is Nc1cc2c(cc1C(F)(F)F)OCC2. The molecular formula is C9H8F3NO. The molecule has 14 heavy (non-hydrogen) atoms. The molecule has 0 spiro atoms. The lowest BCUT2D eigenvalue weighted by atomic mass is 10.1. The lowest BCUT2D eigenvalue weighted by molar-refractivity contribution is -0.137. The van der Waals surface area contributed by atoms with E-state index in [0.29, 0.717) is 18.8 Å². The fourth-order valence-corrected chi connectivity index (χ4v) is 1.49. The summed E-state index contributed by atoms with van der Waals surface area (Å²) in [5.74, 6) is 0.298. The van der Waals surface area contributed by atoms with Crippen LogP contribution in [0.1, 0.15) is 11.1 Å². The van der Waals surface area contributed by atoms with Crippen LogP contribution >= 0.6 is 0 Å². The third-order valence-electron chi connectivity index (χ3n) is 2.17. The van der Waals surface area contributed by atoms with E-state index in [9.17, 15) is 13.2 Å². The standard InChI is InChI=1S/C9H8F3NO/c10-9(11,12)6-4-8-5(1-2-14-8)3-7(6)13/h3-4H,1-2,13H2. The molecule has 1 heterocycles. The minimum Gasteiger partial charge on any atom is -0.493 e. The molecule has 2 rings (SSSR count). The van der Waals surface area contributed by atoms with Crippen LogP contribution in [-0.4, -0.2) is 6.61 Å². The molecule has 0 bridgehead atoms. The van der Waals surface area contributed by atoms with E-state index in [1.807, 2.05) is 0 Å². The van der Waals surface area contributed by atoms with Crippen molar-refractivity contribution < 1.29 is 17.9 Å². The molecule has 1 aliphatic rings. The van der Waals surface area contributed by atoms with Gasteiger partial charge < -0.3 is 10.5 Å². The first-order chi connectivity index (χ1) is 6.48. The molecule has 1 aromatic rings. The first kappa shape index (κ1) is 9.18. The highest BCUT2D eigenvalue weighted by molar-refractivity contribution is 5.56. The van der Waals surface area contributed by atoms with Crippen molar-refractivity contribution in [3.63, 3.8) is 0 Å². The van der Waals surface area contributed by atoms with Crippen molar-refractivity contribution in [3.05, 3.63) is 23.3 Å². The van der Waals surface area contributed by atoms with E-state index in [1.54, 1.807) is 0 Å². The molecule has 0 atom stereocenters. The van der Waals surface area contributed by atoms with E-state index in [1.165, 1.54) is 6.07 Å². The maximum Gasteiger partial charge on any atom is 0.418 e. The second-order valence-electron chi connectivity index (χ2n) is 3.14. The molecule has 0 radical (unpaired) electrons. The van der Waals surface area contributed by atoms with Gasteiger partial charge in [-0.1, -0.05) is 0 Å². The third kappa shape index (κ3) is 1.38. The Labute approximate surface area is 78.5 Å². The molecule has 2 nitrogen and oxygen atoms in total. The summed E-state index contributed by atoms with van der Waals surface area (Å²) in [4.78, 5) is 0. The number of rotatable bonds is 0. The number of fused-ring (bicyclic) bond motifs is 1. The fraction of sp³-hybridized carbons (Fsp3) is 0.333. The van der Waals surface area contributed by atoms with Crippen LogP contribution in [0.3, 0.4) is 0 Å². The number of nitrogen functional groups attached to an aromatic ring is 1. The molecule has 0 saturated carbocycles. The maximum absolute atomic E-state index is 12.4. The zero-order valence-corrected chi connectivity index (χ0v) is 7.19. The van der Waals surface area contributed by atoms with Gasteiger partial charge >= 0.3 is 6.18 Å². The van der Waals surface area contributed by atoms with Crippen LogP contribution in [-0.2, 0) is 12.6 Å². The summed E-state index contributed by atoms with van der Waals surface area (Å²) in [6.07, 6.45) is -3.79. The monoisotopic (exact) mass is 203 g/mol. The van der Waals surface area contributed by atoms with Crippen molar-refractivity contribution in [2.45, 2.75) is 12.6 Å². The Morgan fingerprint density at radius 2 is 2.00 bits per heavy atom. The summed E-state index contributed by atoms with van der Waals surface area (Å²) < 4.78 is 42.2. The highest BCUT2D eigenvalue weighted by Crippen LogP contribution is 2.39. The van der Waals surface area contributed by atoms with Gasteiger partial charge in [0, 0.05) is 12.1 Å². The minimum absolute atomic E-state index is 0.234. The smallest absolute Gasteiger partial charge is 0.418 e. The van der Waals surface area contributed by atoms with E-state index in [4.69, 9.17) is 10.5 Å². The van der Waals surface area contributed by atoms with Gasteiger partial charge in [-0.2, -0.15) is 13.2 Å². The van der Waals surface area contributed by atoms with Gasteiger partial charge in [0.1, 0.15) is 5.75 Å². The van der Waals surface area contributed by atoms with Gasteiger partial charge in [0.05, 0.1) is 12.2 Å². The molecule has 2 N–H and O–H groups in total. The Bertz CT molecular complexity index is 373. The average Bonchev–Trinajstić information content (AvgIpc) is 2.47. The molecule has 1 aromatic carbocycles. The Kier molecular flexibility index (Phi) is 1.83. The number of hydrogen-bond acceptors (Lipinski definition) is 2. The van der Waals surface area contributed by atoms with E-state index in [0.717, 1.165) is 11.6 Å². The van der Waals surface area contributed by atoms with Gasteiger partial charge in [-0.3, -0.25) is 0 Å². The number of ether oxygens (including phenoxy) is 1. The van der Waals surface area contributed by atoms with E-state index >= 15 is 0 Å². The van der Waals surface area contributed by atoms with Crippen molar-refractivity contribution in [1.82, 2.24) is 0 Å². The molecule has 0 aliphatic carbocycles. The van der Waals surface area contributed by atoms with Crippen molar-refractivity contribution in [2.75, 3.05) is 12.3 Å². The summed E-state index contributed by atoms with van der Waals surface area (Å²) in [6, 6.07) is 2.31. The van der Waals surface area contributed by atoms with Crippen molar-refractivity contribution >= 4 is 5.69 Å². The quantitative estimate of drug-likeness (QED) is 0.656. The predicted octanol–water partition coefficient (Wildman–Crippen LogP) is 2.22. The van der Waals surface area contributed by atoms with Gasteiger partial charge in [0.15, 0.2) is 0 Å². The average molecular weight is 203 g/mol. The molecule has 1 aliphatic heterocycles. The molecule has 76 valence electrons. The molecule has 0 saturated heterocycles. The van der Waals surface area contributed by atoms with E-state index in [2.05, 4.69) is 0 Å². The van der Waals surface area contributed by atoms with Gasteiger partial charge in [0.25, 0.3) is 0 Å². The summed E-state index contributed by atoms with van der Waals surface area (Å²) >= 11 is 0. The van der Waals surface area contributed by atoms with Crippen molar-refractivity contribution in [2.24, 2.45) is 0 Å². The zero-order chi connectivity index (χ0) is 10.3. The number of hydrogen-bond donors (Lipinski definition) is 1. The highest BCUT2D eigenvalue weighted by Gasteiger charge is 2.34. The summed E-state index contributed by atoms with van der Waals surface area (Å²) in [7, 11) is 0. The van der Waals surface area contributed by atoms with Gasteiger partial charge in [-0.25, -0.2) is 0 Å². The number of nitrogens with two attached hydrogens (primary N) is 1. The lowest BCUT2D eigenvalue weighted by Gasteiger charge is -2.11. The summed E-state index contributed by atoms with van der Waals surface area (Å²) in [5.41, 5.74) is 4.99. The van der Waals surface area contributed by atoms with Gasteiger partial charge in [-0.15, -0.1) is 0 Å².